The predicted octanol–water partition coefficient (Wildman–Crippen LogP) is 2.55. The van der Waals surface area contributed by atoms with Gasteiger partial charge in [0, 0.05) is 12.3 Å². The van der Waals surface area contributed by atoms with Gasteiger partial charge in [0.15, 0.2) is 0 Å². The Balaban J connectivity index is 2.27. The molecule has 0 saturated carbocycles. The molecule has 1 atom stereocenters. The molecular formula is C14H19F2NO3. The number of amides is 1. The van der Waals surface area contributed by atoms with Crippen LogP contribution in [0.4, 0.5) is 8.78 Å². The maximum Gasteiger partial charge on any atom is 0.267 e. The van der Waals surface area contributed by atoms with E-state index < -0.39 is 37.4 Å². The van der Waals surface area contributed by atoms with E-state index in [1.807, 2.05) is 13.8 Å². The van der Waals surface area contributed by atoms with E-state index in [0.717, 1.165) is 4.90 Å². The number of aliphatic hydroxyl groups excluding tert-OH is 1. The van der Waals surface area contributed by atoms with Crippen molar-refractivity contribution in [2.45, 2.75) is 45.1 Å². The van der Waals surface area contributed by atoms with E-state index in [-0.39, 0.29) is 5.92 Å². The summed E-state index contributed by atoms with van der Waals surface area (Å²) >= 11 is 0. The van der Waals surface area contributed by atoms with Crippen molar-refractivity contribution in [3.05, 3.63) is 23.2 Å². The van der Waals surface area contributed by atoms with Crippen LogP contribution < -0.4 is 0 Å². The molecule has 1 aromatic heterocycles. The van der Waals surface area contributed by atoms with E-state index in [1.165, 1.54) is 0 Å². The highest BCUT2D eigenvalue weighted by Gasteiger charge is 2.47. The molecule has 2 heterocycles. The van der Waals surface area contributed by atoms with Crippen LogP contribution in [-0.4, -0.2) is 41.0 Å². The van der Waals surface area contributed by atoms with Crippen LogP contribution in [0, 0.1) is 6.92 Å². The maximum absolute atomic E-state index is 13.4. The van der Waals surface area contributed by atoms with Crippen LogP contribution in [0.25, 0.3) is 0 Å². The molecule has 6 heteroatoms. The minimum absolute atomic E-state index is 0.115. The van der Waals surface area contributed by atoms with Crippen LogP contribution in [0.5, 0.6) is 0 Å². The molecule has 1 amide bonds. The van der Waals surface area contributed by atoms with Crippen molar-refractivity contribution in [2.75, 3.05) is 13.2 Å². The molecule has 1 saturated heterocycles. The molecule has 20 heavy (non-hydrogen) atoms. The fraction of sp³-hybridized carbons (Fsp3) is 0.643. The molecule has 0 radical (unpaired) electrons. The van der Waals surface area contributed by atoms with Gasteiger partial charge in [0.05, 0.1) is 24.8 Å². The molecule has 0 aliphatic carbocycles. The zero-order valence-electron chi connectivity index (χ0n) is 11.8. The Hall–Kier alpha value is -1.43. The minimum atomic E-state index is -2.94. The third kappa shape index (κ3) is 2.70. The number of furan rings is 1. The van der Waals surface area contributed by atoms with Crippen LogP contribution in [0.1, 0.15) is 48.1 Å². The summed E-state index contributed by atoms with van der Waals surface area (Å²) in [6, 6.07) is 0.766. The number of aliphatic hydroxyl groups is 1. The van der Waals surface area contributed by atoms with Gasteiger partial charge in [-0.25, -0.2) is 8.78 Å². The number of likely N-dealkylation sites (tertiary alicyclic amines) is 1. The zero-order valence-corrected chi connectivity index (χ0v) is 11.8. The lowest BCUT2D eigenvalue weighted by Gasteiger charge is -2.21. The molecule has 1 fully saturated rings. The lowest BCUT2D eigenvalue weighted by molar-refractivity contribution is 0.0115. The van der Waals surface area contributed by atoms with Gasteiger partial charge in [-0.2, -0.15) is 0 Å². The first-order valence-corrected chi connectivity index (χ1v) is 6.65. The highest BCUT2D eigenvalue weighted by Crippen LogP contribution is 2.34. The summed E-state index contributed by atoms with van der Waals surface area (Å²) in [6.45, 7) is 4.37. The second-order valence-corrected chi connectivity index (χ2v) is 5.60. The third-order valence-electron chi connectivity index (χ3n) is 3.58. The lowest BCUT2D eigenvalue weighted by atomic mass is 10.1. The molecule has 4 nitrogen and oxygen atoms in total. The van der Waals surface area contributed by atoms with Crippen molar-refractivity contribution in [1.29, 1.82) is 0 Å². The summed E-state index contributed by atoms with van der Waals surface area (Å²) in [5.74, 6) is -2.26. The van der Waals surface area contributed by atoms with Gasteiger partial charge in [-0.3, -0.25) is 4.79 Å². The fourth-order valence-electron chi connectivity index (χ4n) is 2.46. The second-order valence-electron chi connectivity index (χ2n) is 5.60. The van der Waals surface area contributed by atoms with E-state index >= 15 is 0 Å². The first kappa shape index (κ1) is 15.0. The monoisotopic (exact) mass is 287 g/mol. The molecule has 1 aliphatic heterocycles. The smallest absolute Gasteiger partial charge is 0.267 e. The number of aryl methyl sites for hydroxylation is 1. The number of halogens is 2. The molecule has 1 unspecified atom stereocenters. The van der Waals surface area contributed by atoms with Gasteiger partial charge in [0.25, 0.3) is 11.8 Å². The number of rotatable bonds is 3. The summed E-state index contributed by atoms with van der Waals surface area (Å²) in [7, 11) is 0. The van der Waals surface area contributed by atoms with Gasteiger partial charge in [-0.1, -0.05) is 13.8 Å². The molecular weight excluding hydrogens is 268 g/mol. The van der Waals surface area contributed by atoms with Crippen LogP contribution in [0.15, 0.2) is 10.5 Å². The molecule has 0 aromatic carbocycles. The number of alkyl halides is 2. The maximum atomic E-state index is 13.4. The number of carbonyl (C=O) groups is 1. The Labute approximate surface area is 116 Å². The predicted molar refractivity (Wildman–Crippen MR) is 69.0 cm³/mol. The largest absolute Gasteiger partial charge is 0.465 e. The Bertz CT molecular complexity index is 511. The molecule has 0 spiro atoms. The SMILES string of the molecule is Cc1oc(C(C)C)cc1C(=O)N1CC(F)(F)CC1CO. The van der Waals surface area contributed by atoms with Crippen LogP contribution in [-0.2, 0) is 0 Å². The van der Waals surface area contributed by atoms with Crippen LogP contribution >= 0.6 is 0 Å². The average Bonchev–Trinajstić information content (AvgIpc) is 2.88. The van der Waals surface area contributed by atoms with E-state index in [9.17, 15) is 18.7 Å². The van der Waals surface area contributed by atoms with Crippen LogP contribution in [0.2, 0.25) is 0 Å². The van der Waals surface area contributed by atoms with Crippen LogP contribution in [0.3, 0.4) is 0 Å². The number of hydrogen-bond donors (Lipinski definition) is 1. The molecule has 2 rings (SSSR count). The van der Waals surface area contributed by atoms with Gasteiger partial charge in [0.1, 0.15) is 11.5 Å². The second kappa shape index (κ2) is 5.16. The molecule has 1 N–H and O–H groups in total. The fourth-order valence-corrected chi connectivity index (χ4v) is 2.46. The Kier molecular flexibility index (Phi) is 3.86. The molecule has 112 valence electrons. The van der Waals surface area contributed by atoms with Crippen molar-refractivity contribution in [3.8, 4) is 0 Å². The summed E-state index contributed by atoms with van der Waals surface area (Å²) in [5, 5.41) is 9.18. The normalized spacial score (nSPS) is 21.8. The number of nitrogens with zero attached hydrogens (tertiary/aromatic N) is 1. The zero-order chi connectivity index (χ0) is 15.1. The van der Waals surface area contributed by atoms with Gasteiger partial charge < -0.3 is 14.4 Å². The average molecular weight is 287 g/mol. The number of hydrogen-bond acceptors (Lipinski definition) is 3. The first-order chi connectivity index (χ1) is 9.25. The van der Waals surface area contributed by atoms with E-state index in [1.54, 1.807) is 13.0 Å². The molecule has 1 aromatic rings. The Morgan fingerprint density at radius 2 is 2.25 bits per heavy atom. The quantitative estimate of drug-likeness (QED) is 0.929. The summed E-state index contributed by atoms with van der Waals surface area (Å²) < 4.78 is 32.3. The Morgan fingerprint density at radius 3 is 2.75 bits per heavy atom. The first-order valence-electron chi connectivity index (χ1n) is 6.65. The standard InChI is InChI=1S/C14H19F2NO3/c1-8(2)12-4-11(9(3)20-12)13(19)17-7-14(15,16)5-10(17)6-18/h4,8,10,18H,5-7H2,1-3H3. The topological polar surface area (TPSA) is 53.7 Å². The van der Waals surface area contributed by atoms with Gasteiger partial charge in [0.2, 0.25) is 0 Å². The van der Waals surface area contributed by atoms with E-state index in [2.05, 4.69) is 0 Å². The number of carbonyl (C=O) groups excluding carboxylic acids is 1. The lowest BCUT2D eigenvalue weighted by Crippen LogP contribution is -2.38. The molecule has 0 bridgehead atoms. The van der Waals surface area contributed by atoms with Crippen molar-refractivity contribution in [1.82, 2.24) is 4.90 Å². The highest BCUT2D eigenvalue weighted by atomic mass is 19.3. The van der Waals surface area contributed by atoms with Crippen molar-refractivity contribution in [3.63, 3.8) is 0 Å². The summed E-state index contributed by atoms with van der Waals surface area (Å²) in [5.41, 5.74) is 0.296. The highest BCUT2D eigenvalue weighted by molar-refractivity contribution is 5.95. The van der Waals surface area contributed by atoms with E-state index in [0.29, 0.717) is 17.1 Å². The van der Waals surface area contributed by atoms with E-state index in [4.69, 9.17) is 4.42 Å². The van der Waals surface area contributed by atoms with Crippen molar-refractivity contribution in [2.24, 2.45) is 0 Å². The summed E-state index contributed by atoms with van der Waals surface area (Å²) in [4.78, 5) is 13.4. The summed E-state index contributed by atoms with van der Waals surface area (Å²) in [6.07, 6.45) is -0.497. The minimum Gasteiger partial charge on any atom is -0.465 e. The molecule has 1 aliphatic rings. The van der Waals surface area contributed by atoms with Gasteiger partial charge >= 0.3 is 0 Å². The van der Waals surface area contributed by atoms with Crippen molar-refractivity contribution >= 4 is 5.91 Å². The van der Waals surface area contributed by atoms with Gasteiger partial charge in [-0.15, -0.1) is 0 Å². The van der Waals surface area contributed by atoms with Gasteiger partial charge in [-0.05, 0) is 13.0 Å². The third-order valence-corrected chi connectivity index (χ3v) is 3.58. The Morgan fingerprint density at radius 1 is 1.60 bits per heavy atom. The van der Waals surface area contributed by atoms with Crippen molar-refractivity contribution < 1.29 is 23.1 Å².